The lowest BCUT2D eigenvalue weighted by molar-refractivity contribution is 0.0598. The summed E-state index contributed by atoms with van der Waals surface area (Å²) in [6.45, 7) is 0.781. The average Bonchev–Trinajstić information content (AvgIpc) is 3.14. The van der Waals surface area contributed by atoms with E-state index < -0.39 is 0 Å². The van der Waals surface area contributed by atoms with E-state index in [1.165, 1.54) is 12.8 Å². The normalized spacial score (nSPS) is 26.6. The van der Waals surface area contributed by atoms with E-state index >= 15 is 0 Å². The van der Waals surface area contributed by atoms with Gasteiger partial charge in [0, 0.05) is 18.2 Å². The van der Waals surface area contributed by atoms with Crippen LogP contribution >= 0.6 is 11.6 Å². The first-order valence-electron chi connectivity index (χ1n) is 7.09. The zero-order chi connectivity index (χ0) is 13.2. The van der Waals surface area contributed by atoms with Gasteiger partial charge in [-0.15, -0.1) is 0 Å². The van der Waals surface area contributed by atoms with E-state index in [2.05, 4.69) is 5.32 Å². The van der Waals surface area contributed by atoms with Gasteiger partial charge in [-0.3, -0.25) is 0 Å². The minimum absolute atomic E-state index is 0.112. The number of aliphatic hydroxyl groups excluding tert-OH is 1. The standard InChI is InChI=1S/C15H20ClNO2/c16-12-4-1-3-10(9-17-11-7-8-11)15(12)19-14-6-2-5-13(14)18/h1,3-4,11,13-14,17-18H,2,5-9H2. The summed E-state index contributed by atoms with van der Waals surface area (Å²) in [5, 5.41) is 14.0. The third kappa shape index (κ3) is 3.22. The SMILES string of the molecule is OC1CCCC1Oc1c(Cl)cccc1CNC1CC1. The molecule has 1 aromatic carbocycles. The highest BCUT2D eigenvalue weighted by Gasteiger charge is 2.28. The second-order valence-corrected chi connectivity index (χ2v) is 5.95. The van der Waals surface area contributed by atoms with Crippen molar-refractivity contribution in [1.29, 1.82) is 0 Å². The lowest BCUT2D eigenvalue weighted by atomic mass is 10.2. The van der Waals surface area contributed by atoms with Crippen LogP contribution in [0.4, 0.5) is 0 Å². The molecule has 2 aliphatic carbocycles. The molecule has 3 nitrogen and oxygen atoms in total. The topological polar surface area (TPSA) is 41.5 Å². The number of rotatable bonds is 5. The smallest absolute Gasteiger partial charge is 0.142 e. The van der Waals surface area contributed by atoms with Crippen molar-refractivity contribution in [1.82, 2.24) is 5.32 Å². The Bertz CT molecular complexity index is 448. The Kier molecular flexibility index (Phi) is 3.96. The Morgan fingerprint density at radius 3 is 2.79 bits per heavy atom. The number of para-hydroxylation sites is 1. The van der Waals surface area contributed by atoms with Gasteiger partial charge in [-0.1, -0.05) is 23.7 Å². The summed E-state index contributed by atoms with van der Waals surface area (Å²) in [4.78, 5) is 0. The van der Waals surface area contributed by atoms with E-state index in [0.717, 1.165) is 37.1 Å². The van der Waals surface area contributed by atoms with Crippen molar-refractivity contribution in [2.24, 2.45) is 0 Å². The van der Waals surface area contributed by atoms with E-state index in [1.807, 2.05) is 18.2 Å². The first-order chi connectivity index (χ1) is 9.24. The first kappa shape index (κ1) is 13.2. The largest absolute Gasteiger partial charge is 0.486 e. The van der Waals surface area contributed by atoms with Gasteiger partial charge >= 0.3 is 0 Å². The van der Waals surface area contributed by atoms with Crippen LogP contribution in [0.1, 0.15) is 37.7 Å². The van der Waals surface area contributed by atoms with Gasteiger partial charge in [0.15, 0.2) is 0 Å². The molecule has 0 spiro atoms. The fourth-order valence-corrected chi connectivity index (χ4v) is 2.80. The summed E-state index contributed by atoms with van der Waals surface area (Å²) in [6, 6.07) is 6.49. The molecule has 2 N–H and O–H groups in total. The van der Waals surface area contributed by atoms with Crippen LogP contribution < -0.4 is 10.1 Å². The Hall–Kier alpha value is -0.770. The van der Waals surface area contributed by atoms with Crippen LogP contribution in [-0.2, 0) is 6.54 Å². The fraction of sp³-hybridized carbons (Fsp3) is 0.600. The molecular weight excluding hydrogens is 262 g/mol. The van der Waals surface area contributed by atoms with E-state index in [9.17, 15) is 5.11 Å². The number of hydrogen-bond donors (Lipinski definition) is 2. The summed E-state index contributed by atoms with van der Waals surface area (Å²) < 4.78 is 5.98. The van der Waals surface area contributed by atoms with Gasteiger partial charge in [-0.25, -0.2) is 0 Å². The van der Waals surface area contributed by atoms with Crippen LogP contribution in [-0.4, -0.2) is 23.4 Å². The van der Waals surface area contributed by atoms with Gasteiger partial charge in [-0.2, -0.15) is 0 Å². The second-order valence-electron chi connectivity index (χ2n) is 5.54. The molecule has 0 aliphatic heterocycles. The Balaban J connectivity index is 1.73. The van der Waals surface area contributed by atoms with Crippen molar-refractivity contribution < 1.29 is 9.84 Å². The fourth-order valence-electron chi connectivity index (χ4n) is 2.56. The molecule has 2 fully saturated rings. The molecule has 0 amide bonds. The minimum atomic E-state index is -0.361. The lowest BCUT2D eigenvalue weighted by Gasteiger charge is -2.20. The third-order valence-electron chi connectivity index (χ3n) is 3.89. The van der Waals surface area contributed by atoms with Gasteiger partial charge < -0.3 is 15.2 Å². The van der Waals surface area contributed by atoms with Gasteiger partial charge in [0.05, 0.1) is 11.1 Å². The van der Waals surface area contributed by atoms with E-state index in [-0.39, 0.29) is 12.2 Å². The van der Waals surface area contributed by atoms with Crippen LogP contribution in [0.15, 0.2) is 18.2 Å². The van der Waals surface area contributed by atoms with Gasteiger partial charge in [-0.05, 0) is 38.2 Å². The number of halogens is 1. The summed E-state index contributed by atoms with van der Waals surface area (Å²) in [6.07, 6.45) is 4.80. The molecule has 0 heterocycles. The van der Waals surface area contributed by atoms with Crippen molar-refractivity contribution in [3.8, 4) is 5.75 Å². The molecular formula is C15H20ClNO2. The first-order valence-corrected chi connectivity index (χ1v) is 7.47. The molecule has 3 rings (SSSR count). The van der Waals surface area contributed by atoms with Crippen molar-refractivity contribution in [3.05, 3.63) is 28.8 Å². The number of benzene rings is 1. The zero-order valence-corrected chi connectivity index (χ0v) is 11.7. The van der Waals surface area contributed by atoms with Gasteiger partial charge in [0.2, 0.25) is 0 Å². The molecule has 2 saturated carbocycles. The molecule has 0 radical (unpaired) electrons. The summed E-state index contributed by atoms with van der Waals surface area (Å²) >= 11 is 6.25. The number of hydrogen-bond acceptors (Lipinski definition) is 3. The van der Waals surface area contributed by atoms with Crippen LogP contribution in [0.5, 0.6) is 5.75 Å². The molecule has 0 saturated heterocycles. The van der Waals surface area contributed by atoms with E-state index in [4.69, 9.17) is 16.3 Å². The Morgan fingerprint density at radius 1 is 1.26 bits per heavy atom. The van der Waals surface area contributed by atoms with Crippen LogP contribution in [0.2, 0.25) is 5.02 Å². The number of aliphatic hydroxyl groups is 1. The maximum atomic E-state index is 9.88. The van der Waals surface area contributed by atoms with Crippen LogP contribution in [0, 0.1) is 0 Å². The molecule has 0 aromatic heterocycles. The maximum Gasteiger partial charge on any atom is 0.142 e. The Morgan fingerprint density at radius 2 is 2.11 bits per heavy atom. The highest BCUT2D eigenvalue weighted by Crippen LogP contribution is 2.33. The quantitative estimate of drug-likeness (QED) is 0.872. The molecule has 0 bridgehead atoms. The molecule has 2 atom stereocenters. The molecule has 19 heavy (non-hydrogen) atoms. The second kappa shape index (κ2) is 5.70. The third-order valence-corrected chi connectivity index (χ3v) is 4.19. The summed E-state index contributed by atoms with van der Waals surface area (Å²) in [5.41, 5.74) is 1.08. The van der Waals surface area contributed by atoms with Crippen molar-refractivity contribution in [3.63, 3.8) is 0 Å². The van der Waals surface area contributed by atoms with E-state index in [0.29, 0.717) is 11.1 Å². The average molecular weight is 282 g/mol. The van der Waals surface area contributed by atoms with Crippen molar-refractivity contribution in [2.45, 2.75) is 56.9 Å². The van der Waals surface area contributed by atoms with Crippen LogP contribution in [0.3, 0.4) is 0 Å². The van der Waals surface area contributed by atoms with Gasteiger partial charge in [0.25, 0.3) is 0 Å². The predicted molar refractivity (Wildman–Crippen MR) is 75.6 cm³/mol. The number of ether oxygens (including phenoxy) is 1. The highest BCUT2D eigenvalue weighted by atomic mass is 35.5. The molecule has 2 unspecified atom stereocenters. The maximum absolute atomic E-state index is 9.88. The van der Waals surface area contributed by atoms with Crippen molar-refractivity contribution in [2.75, 3.05) is 0 Å². The molecule has 104 valence electrons. The summed E-state index contributed by atoms with van der Waals surface area (Å²) in [5.74, 6) is 0.739. The lowest BCUT2D eigenvalue weighted by Crippen LogP contribution is -2.26. The van der Waals surface area contributed by atoms with Crippen LogP contribution in [0.25, 0.3) is 0 Å². The van der Waals surface area contributed by atoms with Crippen molar-refractivity contribution >= 4 is 11.6 Å². The highest BCUT2D eigenvalue weighted by molar-refractivity contribution is 6.32. The minimum Gasteiger partial charge on any atom is -0.486 e. The molecule has 4 heteroatoms. The monoisotopic (exact) mass is 281 g/mol. The van der Waals surface area contributed by atoms with E-state index in [1.54, 1.807) is 0 Å². The van der Waals surface area contributed by atoms with Gasteiger partial charge in [0.1, 0.15) is 11.9 Å². The zero-order valence-electron chi connectivity index (χ0n) is 10.9. The molecule has 1 aromatic rings. The Labute approximate surface area is 118 Å². The summed E-state index contributed by atoms with van der Waals surface area (Å²) in [7, 11) is 0. The number of nitrogens with one attached hydrogen (secondary N) is 1. The predicted octanol–water partition coefficient (Wildman–Crippen LogP) is 2.88. The molecule has 2 aliphatic rings.